The fourth-order valence-electron chi connectivity index (χ4n) is 2.78. The molecule has 3 nitrogen and oxygen atoms in total. The van der Waals surface area contributed by atoms with Crippen LogP contribution in [-0.2, 0) is 6.54 Å². The van der Waals surface area contributed by atoms with E-state index in [1.54, 1.807) is 0 Å². The van der Waals surface area contributed by atoms with E-state index in [-0.39, 0.29) is 6.04 Å². The number of aromatic nitrogens is 1. The second kappa shape index (κ2) is 4.68. The Labute approximate surface area is 112 Å². The topological polar surface area (TPSA) is 57.0 Å². The van der Waals surface area contributed by atoms with Crippen molar-refractivity contribution in [2.75, 3.05) is 6.54 Å². The van der Waals surface area contributed by atoms with Crippen LogP contribution in [0.5, 0.6) is 0 Å². The third kappa shape index (κ3) is 1.82. The molecule has 19 heavy (non-hydrogen) atoms. The summed E-state index contributed by atoms with van der Waals surface area (Å²) in [6.45, 7) is 3.61. The Bertz CT molecular complexity index is 727. The molecular weight excluding hydrogens is 234 g/mol. The van der Waals surface area contributed by atoms with Gasteiger partial charge in [0.05, 0.1) is 0 Å². The molecule has 0 saturated carbocycles. The van der Waals surface area contributed by atoms with E-state index in [9.17, 15) is 0 Å². The average molecular weight is 253 g/mol. The van der Waals surface area contributed by atoms with Gasteiger partial charge in [0.1, 0.15) is 0 Å². The molecule has 1 heterocycles. The van der Waals surface area contributed by atoms with E-state index in [1.807, 2.05) is 0 Å². The van der Waals surface area contributed by atoms with E-state index in [0.29, 0.717) is 6.54 Å². The Morgan fingerprint density at radius 1 is 1.05 bits per heavy atom. The van der Waals surface area contributed by atoms with Gasteiger partial charge in [-0.2, -0.15) is 0 Å². The van der Waals surface area contributed by atoms with Crippen molar-refractivity contribution >= 4 is 21.8 Å². The standard InChI is InChI=1S/C16H19N3/c1-2-19-15-6-4-3-5-12(15)13-9-11(14(18)10-17)7-8-16(13)19/h3-9,14H,2,10,17-18H2,1H3/t14-/m0/s1. The summed E-state index contributed by atoms with van der Waals surface area (Å²) in [5.41, 5.74) is 15.3. The molecule has 0 fully saturated rings. The molecule has 0 radical (unpaired) electrons. The smallest absolute Gasteiger partial charge is 0.0491 e. The zero-order valence-corrected chi connectivity index (χ0v) is 11.1. The lowest BCUT2D eigenvalue weighted by molar-refractivity contribution is 0.738. The molecule has 98 valence electrons. The van der Waals surface area contributed by atoms with Crippen LogP contribution >= 0.6 is 0 Å². The number of hydrogen-bond donors (Lipinski definition) is 2. The largest absolute Gasteiger partial charge is 0.341 e. The summed E-state index contributed by atoms with van der Waals surface area (Å²) in [6, 6.07) is 14.8. The summed E-state index contributed by atoms with van der Waals surface area (Å²) >= 11 is 0. The maximum atomic E-state index is 6.04. The molecule has 2 aromatic carbocycles. The normalized spacial score (nSPS) is 13.2. The Balaban J connectivity index is 2.36. The molecule has 0 unspecified atom stereocenters. The van der Waals surface area contributed by atoms with Crippen molar-refractivity contribution in [1.82, 2.24) is 4.57 Å². The highest BCUT2D eigenvalue weighted by Crippen LogP contribution is 2.30. The molecule has 3 aromatic rings. The average Bonchev–Trinajstić information content (AvgIpc) is 2.79. The minimum atomic E-state index is -0.0897. The molecule has 1 aromatic heterocycles. The van der Waals surface area contributed by atoms with Crippen molar-refractivity contribution in [3.8, 4) is 0 Å². The lowest BCUT2D eigenvalue weighted by Crippen LogP contribution is -2.20. The highest BCUT2D eigenvalue weighted by Gasteiger charge is 2.11. The highest BCUT2D eigenvalue weighted by atomic mass is 15.0. The van der Waals surface area contributed by atoms with Crippen molar-refractivity contribution in [2.24, 2.45) is 11.5 Å². The number of nitrogens with zero attached hydrogens (tertiary/aromatic N) is 1. The molecule has 0 spiro atoms. The van der Waals surface area contributed by atoms with Gasteiger partial charge in [-0.15, -0.1) is 0 Å². The quantitative estimate of drug-likeness (QED) is 0.754. The molecule has 0 aliphatic rings. The van der Waals surface area contributed by atoms with Crippen LogP contribution in [0.1, 0.15) is 18.5 Å². The summed E-state index contributed by atoms with van der Waals surface area (Å²) in [5.74, 6) is 0. The molecule has 0 bridgehead atoms. The molecule has 3 heteroatoms. The summed E-state index contributed by atoms with van der Waals surface area (Å²) in [5, 5.41) is 2.55. The fourth-order valence-corrected chi connectivity index (χ4v) is 2.78. The monoisotopic (exact) mass is 253 g/mol. The molecule has 0 saturated heterocycles. The summed E-state index contributed by atoms with van der Waals surface area (Å²) in [6.07, 6.45) is 0. The maximum Gasteiger partial charge on any atom is 0.0491 e. The SMILES string of the molecule is CCn1c2ccccc2c2cc([C@@H](N)CN)ccc21. The second-order valence-corrected chi connectivity index (χ2v) is 4.88. The first-order chi connectivity index (χ1) is 9.26. The van der Waals surface area contributed by atoms with Crippen molar-refractivity contribution in [2.45, 2.75) is 19.5 Å². The van der Waals surface area contributed by atoms with Gasteiger partial charge < -0.3 is 16.0 Å². The molecule has 3 rings (SSSR count). The molecule has 4 N–H and O–H groups in total. The molecule has 0 aliphatic carbocycles. The Morgan fingerprint density at radius 3 is 2.53 bits per heavy atom. The van der Waals surface area contributed by atoms with Gasteiger partial charge in [-0.25, -0.2) is 0 Å². The number of rotatable bonds is 3. The summed E-state index contributed by atoms with van der Waals surface area (Å²) in [4.78, 5) is 0. The minimum absolute atomic E-state index is 0.0897. The third-order valence-corrected chi connectivity index (χ3v) is 3.79. The first-order valence-corrected chi connectivity index (χ1v) is 6.72. The van der Waals surface area contributed by atoms with Crippen LogP contribution in [0.3, 0.4) is 0 Å². The van der Waals surface area contributed by atoms with E-state index < -0.39 is 0 Å². The Hall–Kier alpha value is -1.84. The molecule has 1 atom stereocenters. The van der Waals surface area contributed by atoms with Crippen LogP contribution in [-0.4, -0.2) is 11.1 Å². The van der Waals surface area contributed by atoms with E-state index >= 15 is 0 Å². The minimum Gasteiger partial charge on any atom is -0.341 e. The van der Waals surface area contributed by atoms with Crippen LogP contribution in [0, 0.1) is 0 Å². The van der Waals surface area contributed by atoms with Gasteiger partial charge in [0.25, 0.3) is 0 Å². The highest BCUT2D eigenvalue weighted by molar-refractivity contribution is 6.08. The van der Waals surface area contributed by atoms with E-state index in [4.69, 9.17) is 11.5 Å². The van der Waals surface area contributed by atoms with Crippen LogP contribution < -0.4 is 11.5 Å². The first kappa shape index (κ1) is 12.2. The summed E-state index contributed by atoms with van der Waals surface area (Å²) in [7, 11) is 0. The van der Waals surface area contributed by atoms with Crippen LogP contribution in [0.15, 0.2) is 42.5 Å². The van der Waals surface area contributed by atoms with Crippen LogP contribution in [0.4, 0.5) is 0 Å². The Morgan fingerprint density at radius 2 is 1.79 bits per heavy atom. The summed E-state index contributed by atoms with van der Waals surface area (Å²) < 4.78 is 2.34. The zero-order valence-electron chi connectivity index (χ0n) is 11.1. The number of hydrogen-bond acceptors (Lipinski definition) is 2. The van der Waals surface area contributed by atoms with Crippen molar-refractivity contribution in [3.63, 3.8) is 0 Å². The number of para-hydroxylation sites is 1. The lowest BCUT2D eigenvalue weighted by Gasteiger charge is -2.09. The van der Waals surface area contributed by atoms with Crippen molar-refractivity contribution in [1.29, 1.82) is 0 Å². The maximum absolute atomic E-state index is 6.04. The van der Waals surface area contributed by atoms with E-state index in [0.717, 1.165) is 12.1 Å². The molecule has 0 aliphatic heterocycles. The van der Waals surface area contributed by atoms with Gasteiger partial charge in [0.2, 0.25) is 0 Å². The van der Waals surface area contributed by atoms with Crippen molar-refractivity contribution < 1.29 is 0 Å². The lowest BCUT2D eigenvalue weighted by atomic mass is 10.0. The van der Waals surface area contributed by atoms with Gasteiger partial charge in [0.15, 0.2) is 0 Å². The van der Waals surface area contributed by atoms with Crippen LogP contribution in [0.25, 0.3) is 21.8 Å². The van der Waals surface area contributed by atoms with Gasteiger partial charge in [-0.05, 0) is 30.7 Å². The fraction of sp³-hybridized carbons (Fsp3) is 0.250. The number of benzene rings is 2. The van der Waals surface area contributed by atoms with Gasteiger partial charge >= 0.3 is 0 Å². The first-order valence-electron chi connectivity index (χ1n) is 6.72. The number of nitrogens with two attached hydrogens (primary N) is 2. The zero-order chi connectivity index (χ0) is 13.4. The van der Waals surface area contributed by atoms with Gasteiger partial charge in [-0.3, -0.25) is 0 Å². The van der Waals surface area contributed by atoms with E-state index in [2.05, 4.69) is 54.0 Å². The van der Waals surface area contributed by atoms with Crippen LogP contribution in [0.2, 0.25) is 0 Å². The number of fused-ring (bicyclic) bond motifs is 3. The molecular formula is C16H19N3. The van der Waals surface area contributed by atoms with Crippen molar-refractivity contribution in [3.05, 3.63) is 48.0 Å². The third-order valence-electron chi connectivity index (χ3n) is 3.79. The van der Waals surface area contributed by atoms with Gasteiger partial charge in [-0.1, -0.05) is 24.3 Å². The predicted octanol–water partition coefficient (Wildman–Crippen LogP) is 2.77. The predicted molar refractivity (Wildman–Crippen MR) is 81.1 cm³/mol. The number of aryl methyl sites for hydroxylation is 1. The second-order valence-electron chi connectivity index (χ2n) is 4.88. The molecule has 0 amide bonds. The van der Waals surface area contributed by atoms with Gasteiger partial charge in [0, 0.05) is 40.9 Å². The Kier molecular flexibility index (Phi) is 3.01. The van der Waals surface area contributed by atoms with E-state index in [1.165, 1.54) is 21.8 Å².